The molecule has 2 nitrogen and oxygen atoms in total. The van der Waals surface area contributed by atoms with Gasteiger partial charge in [-0.15, -0.1) is 0 Å². The Morgan fingerprint density at radius 1 is 1.00 bits per heavy atom. The summed E-state index contributed by atoms with van der Waals surface area (Å²) in [4.78, 5) is 12.4. The summed E-state index contributed by atoms with van der Waals surface area (Å²) < 4.78 is 0. The van der Waals surface area contributed by atoms with Gasteiger partial charge in [0, 0.05) is 6.42 Å². The van der Waals surface area contributed by atoms with Crippen LogP contribution in [-0.4, -0.2) is 10.9 Å². The number of benzene rings is 1. The summed E-state index contributed by atoms with van der Waals surface area (Å²) in [5.74, 6) is 0.629. The minimum Gasteiger partial charge on any atom is -0.507 e. The van der Waals surface area contributed by atoms with E-state index >= 15 is 0 Å². The van der Waals surface area contributed by atoms with Crippen molar-refractivity contribution >= 4 is 5.78 Å². The van der Waals surface area contributed by atoms with E-state index in [1.54, 1.807) is 0 Å². The van der Waals surface area contributed by atoms with Crippen LogP contribution in [0.1, 0.15) is 78.0 Å². The molecule has 1 aliphatic rings. The lowest BCUT2D eigenvalue weighted by Gasteiger charge is -2.28. The first-order valence-electron chi connectivity index (χ1n) is 9.16. The van der Waals surface area contributed by atoms with Crippen molar-refractivity contribution in [2.45, 2.75) is 78.6 Å². The van der Waals surface area contributed by atoms with Crippen molar-refractivity contribution in [3.63, 3.8) is 0 Å². The molecular weight excluding hydrogens is 308 g/mol. The third kappa shape index (κ3) is 4.62. The smallest absolute Gasteiger partial charge is 0.159 e. The van der Waals surface area contributed by atoms with E-state index in [1.165, 1.54) is 5.57 Å². The fourth-order valence-electron chi connectivity index (χ4n) is 3.25. The van der Waals surface area contributed by atoms with Crippen LogP contribution in [0, 0.1) is 0 Å². The highest BCUT2D eigenvalue weighted by Crippen LogP contribution is 2.40. The van der Waals surface area contributed by atoms with Crippen LogP contribution in [0.25, 0.3) is 0 Å². The molecular formula is C23H32O2. The Kier molecular flexibility index (Phi) is 5.32. The maximum Gasteiger partial charge on any atom is 0.159 e. The van der Waals surface area contributed by atoms with E-state index in [4.69, 9.17) is 0 Å². The van der Waals surface area contributed by atoms with Gasteiger partial charge in [0.1, 0.15) is 5.75 Å². The molecule has 136 valence electrons. The number of phenols is 1. The lowest BCUT2D eigenvalue weighted by molar-refractivity contribution is -0.115. The molecule has 0 atom stereocenters. The average Bonchev–Trinajstić information content (AvgIpc) is 2.90. The molecule has 0 aromatic heterocycles. The molecule has 1 aromatic carbocycles. The van der Waals surface area contributed by atoms with E-state index in [9.17, 15) is 9.90 Å². The summed E-state index contributed by atoms with van der Waals surface area (Å²) in [5, 5.41) is 10.8. The first-order chi connectivity index (χ1) is 11.4. The summed E-state index contributed by atoms with van der Waals surface area (Å²) in [6.45, 7) is 14.7. The number of carbonyl (C=O) groups excluding carboxylic acids is 1. The monoisotopic (exact) mass is 340 g/mol. The topological polar surface area (TPSA) is 37.3 Å². The van der Waals surface area contributed by atoms with Gasteiger partial charge in [0.2, 0.25) is 0 Å². The number of phenolic OH excluding ortho intramolecular Hbond substituents is 1. The largest absolute Gasteiger partial charge is 0.507 e. The first-order valence-corrected chi connectivity index (χ1v) is 9.16. The van der Waals surface area contributed by atoms with Crippen LogP contribution in [0.5, 0.6) is 5.75 Å². The third-order valence-corrected chi connectivity index (χ3v) is 4.82. The minimum atomic E-state index is -0.140. The highest BCUT2D eigenvalue weighted by Gasteiger charge is 2.26. The second kappa shape index (κ2) is 6.82. The summed E-state index contributed by atoms with van der Waals surface area (Å²) in [6.07, 6.45) is 6.00. The van der Waals surface area contributed by atoms with Gasteiger partial charge in [0.05, 0.1) is 0 Å². The summed E-state index contributed by atoms with van der Waals surface area (Å²) in [6, 6.07) is 4.15. The number of hydrogen-bond donors (Lipinski definition) is 1. The van der Waals surface area contributed by atoms with Crippen LogP contribution >= 0.6 is 0 Å². The maximum atomic E-state index is 12.4. The maximum absolute atomic E-state index is 12.4. The van der Waals surface area contributed by atoms with E-state index in [0.29, 0.717) is 18.6 Å². The van der Waals surface area contributed by atoms with Crippen LogP contribution in [0.3, 0.4) is 0 Å². The standard InChI is InChI=1S/C23H32O2/c1-15-8-10-17(12-15)20(24)11-9-16-13-18(22(2,3)4)21(25)19(14-16)23(5,6)7/h8,10,13-14,25H,9,11-12H2,1-7H3. The van der Waals surface area contributed by atoms with E-state index < -0.39 is 0 Å². The zero-order chi connectivity index (χ0) is 19.0. The fraction of sp³-hybridized carbons (Fsp3) is 0.522. The Morgan fingerprint density at radius 2 is 1.52 bits per heavy atom. The second-order valence-corrected chi connectivity index (χ2v) is 9.34. The van der Waals surface area contributed by atoms with Gasteiger partial charge in [-0.3, -0.25) is 4.79 Å². The van der Waals surface area contributed by atoms with Crippen molar-refractivity contribution in [1.29, 1.82) is 0 Å². The fourth-order valence-corrected chi connectivity index (χ4v) is 3.25. The summed E-state index contributed by atoms with van der Waals surface area (Å²) >= 11 is 0. The Bertz CT molecular complexity index is 699. The molecule has 1 N–H and O–H groups in total. The summed E-state index contributed by atoms with van der Waals surface area (Å²) in [7, 11) is 0. The van der Waals surface area contributed by atoms with E-state index in [-0.39, 0.29) is 16.6 Å². The molecule has 0 spiro atoms. The number of aryl methyl sites for hydroxylation is 1. The first kappa shape index (κ1) is 19.5. The molecule has 1 aromatic rings. The van der Waals surface area contributed by atoms with E-state index in [1.807, 2.05) is 12.2 Å². The number of hydrogen-bond acceptors (Lipinski definition) is 2. The lowest BCUT2D eigenvalue weighted by atomic mass is 9.78. The van der Waals surface area contributed by atoms with Crippen molar-refractivity contribution in [3.8, 4) is 5.75 Å². The number of ketones is 1. The molecule has 0 amide bonds. The van der Waals surface area contributed by atoms with Gasteiger partial charge in [-0.05, 0) is 52.9 Å². The van der Waals surface area contributed by atoms with Crippen LogP contribution in [0.2, 0.25) is 0 Å². The lowest BCUT2D eigenvalue weighted by Crippen LogP contribution is -2.18. The SMILES string of the molecule is CC1=CC=C(C(=O)CCc2cc(C(C)(C)C)c(O)c(C(C)(C)C)c2)C1. The third-order valence-electron chi connectivity index (χ3n) is 4.82. The minimum absolute atomic E-state index is 0.140. The number of rotatable bonds is 4. The Labute approximate surface area is 152 Å². The predicted octanol–water partition coefficient (Wildman–Crippen LogP) is 5.77. The molecule has 0 radical (unpaired) electrons. The molecule has 0 heterocycles. The molecule has 2 heteroatoms. The molecule has 0 bridgehead atoms. The van der Waals surface area contributed by atoms with E-state index in [2.05, 4.69) is 60.6 Å². The molecule has 25 heavy (non-hydrogen) atoms. The van der Waals surface area contributed by atoms with Gasteiger partial charge < -0.3 is 5.11 Å². The average molecular weight is 341 g/mol. The number of Topliss-reactive ketones (excluding diaryl/α,β-unsaturated/α-hetero) is 1. The van der Waals surface area contributed by atoms with Crippen LogP contribution < -0.4 is 0 Å². The van der Waals surface area contributed by atoms with Crippen molar-refractivity contribution in [1.82, 2.24) is 0 Å². The van der Waals surface area contributed by atoms with E-state index in [0.717, 1.165) is 28.7 Å². The Balaban J connectivity index is 2.27. The number of carbonyl (C=O) groups is 1. The highest BCUT2D eigenvalue weighted by molar-refractivity contribution is 5.96. The van der Waals surface area contributed by atoms with Gasteiger partial charge in [-0.1, -0.05) is 71.4 Å². The normalized spacial score (nSPS) is 15.2. The van der Waals surface area contributed by atoms with Crippen LogP contribution in [-0.2, 0) is 22.0 Å². The zero-order valence-corrected chi connectivity index (χ0v) is 16.8. The van der Waals surface area contributed by atoms with Crippen molar-refractivity contribution in [2.24, 2.45) is 0 Å². The number of aromatic hydroxyl groups is 1. The van der Waals surface area contributed by atoms with Gasteiger partial charge in [-0.25, -0.2) is 0 Å². The van der Waals surface area contributed by atoms with Gasteiger partial charge in [0.25, 0.3) is 0 Å². The molecule has 0 aliphatic heterocycles. The summed E-state index contributed by atoms with van der Waals surface area (Å²) in [5.41, 5.74) is 4.93. The van der Waals surface area contributed by atoms with Crippen LogP contribution in [0.4, 0.5) is 0 Å². The zero-order valence-electron chi connectivity index (χ0n) is 16.8. The molecule has 0 saturated carbocycles. The molecule has 0 fully saturated rings. The second-order valence-electron chi connectivity index (χ2n) is 9.34. The molecule has 0 saturated heterocycles. The van der Waals surface area contributed by atoms with Crippen LogP contribution in [0.15, 0.2) is 35.4 Å². The number of allylic oxidation sites excluding steroid dienone is 4. The van der Waals surface area contributed by atoms with Crippen molar-refractivity contribution in [2.75, 3.05) is 0 Å². The van der Waals surface area contributed by atoms with Gasteiger partial charge in [0.15, 0.2) is 5.78 Å². The molecule has 1 aliphatic carbocycles. The van der Waals surface area contributed by atoms with Gasteiger partial charge >= 0.3 is 0 Å². The highest BCUT2D eigenvalue weighted by atomic mass is 16.3. The van der Waals surface area contributed by atoms with Crippen molar-refractivity contribution < 1.29 is 9.90 Å². The van der Waals surface area contributed by atoms with Gasteiger partial charge in [-0.2, -0.15) is 0 Å². The quantitative estimate of drug-likeness (QED) is 0.756. The Hall–Kier alpha value is -1.83. The predicted molar refractivity (Wildman–Crippen MR) is 105 cm³/mol. The molecule has 2 rings (SSSR count). The van der Waals surface area contributed by atoms with Crippen molar-refractivity contribution in [3.05, 3.63) is 52.1 Å². The Morgan fingerprint density at radius 3 is 1.92 bits per heavy atom. The molecule has 0 unspecified atom stereocenters.